The molecule has 1 heterocycles. The van der Waals surface area contributed by atoms with Crippen LogP contribution in [0.15, 0.2) is 91.5 Å². The first-order valence-corrected chi connectivity index (χ1v) is 9.72. The lowest BCUT2D eigenvalue weighted by Gasteiger charge is -2.17. The molecule has 1 N–H and O–H groups in total. The standard InChI is InChI=1S/C24H22N4O2/c1-18(19-11-13-21(14-12-19)28-17-25-16-26-28)27-24(29)23-10-6-5-7-20(23)15-30-22-8-3-2-4-9-22/h2-14,16-18H,15H2,1H3,(H,27,29). The first-order valence-electron chi connectivity index (χ1n) is 9.72. The lowest BCUT2D eigenvalue weighted by molar-refractivity contribution is 0.0937. The third-order valence-electron chi connectivity index (χ3n) is 4.82. The molecular formula is C24H22N4O2. The third kappa shape index (κ3) is 4.55. The van der Waals surface area contributed by atoms with Crippen LogP contribution in [0.3, 0.4) is 0 Å². The van der Waals surface area contributed by atoms with E-state index in [9.17, 15) is 4.79 Å². The number of benzene rings is 3. The quantitative estimate of drug-likeness (QED) is 0.503. The summed E-state index contributed by atoms with van der Waals surface area (Å²) in [6, 6.07) is 24.8. The van der Waals surface area contributed by atoms with Gasteiger partial charge < -0.3 is 10.1 Å². The highest BCUT2D eigenvalue weighted by Gasteiger charge is 2.15. The zero-order chi connectivity index (χ0) is 20.8. The van der Waals surface area contributed by atoms with Gasteiger partial charge in [-0.05, 0) is 42.8 Å². The van der Waals surface area contributed by atoms with Crippen LogP contribution in [0.1, 0.15) is 34.5 Å². The molecular weight excluding hydrogens is 376 g/mol. The Labute approximate surface area is 175 Å². The molecule has 0 saturated heterocycles. The lowest BCUT2D eigenvalue weighted by atomic mass is 10.0. The summed E-state index contributed by atoms with van der Waals surface area (Å²) in [6.45, 7) is 2.29. The van der Waals surface area contributed by atoms with Crippen molar-refractivity contribution >= 4 is 5.91 Å². The summed E-state index contributed by atoms with van der Waals surface area (Å²) in [4.78, 5) is 16.9. The highest BCUT2D eigenvalue weighted by molar-refractivity contribution is 5.95. The fraction of sp³-hybridized carbons (Fsp3) is 0.125. The monoisotopic (exact) mass is 398 g/mol. The van der Waals surface area contributed by atoms with E-state index in [-0.39, 0.29) is 11.9 Å². The highest BCUT2D eigenvalue weighted by Crippen LogP contribution is 2.18. The molecule has 6 nitrogen and oxygen atoms in total. The average Bonchev–Trinajstić information content (AvgIpc) is 3.34. The van der Waals surface area contributed by atoms with Gasteiger partial charge in [-0.1, -0.05) is 48.5 Å². The Morgan fingerprint density at radius 1 is 1.00 bits per heavy atom. The summed E-state index contributed by atoms with van der Waals surface area (Å²) in [7, 11) is 0. The molecule has 0 spiro atoms. The Bertz CT molecular complexity index is 1090. The second-order valence-electron chi connectivity index (χ2n) is 6.89. The van der Waals surface area contributed by atoms with Crippen molar-refractivity contribution in [2.45, 2.75) is 19.6 Å². The van der Waals surface area contributed by atoms with Crippen LogP contribution in [0.25, 0.3) is 5.69 Å². The first kappa shape index (κ1) is 19.4. The van der Waals surface area contributed by atoms with Gasteiger partial charge in [0.05, 0.1) is 11.7 Å². The molecule has 1 atom stereocenters. The van der Waals surface area contributed by atoms with E-state index in [1.807, 2.05) is 85.8 Å². The van der Waals surface area contributed by atoms with E-state index in [0.29, 0.717) is 12.2 Å². The predicted molar refractivity (Wildman–Crippen MR) is 114 cm³/mol. The maximum Gasteiger partial charge on any atom is 0.252 e. The summed E-state index contributed by atoms with van der Waals surface area (Å²) in [5.41, 5.74) is 3.37. The number of nitrogens with zero attached hydrogens (tertiary/aromatic N) is 3. The van der Waals surface area contributed by atoms with E-state index < -0.39 is 0 Å². The molecule has 0 saturated carbocycles. The summed E-state index contributed by atoms with van der Waals surface area (Å²) in [5, 5.41) is 7.20. The largest absolute Gasteiger partial charge is 0.489 e. The number of hydrogen-bond donors (Lipinski definition) is 1. The average molecular weight is 398 g/mol. The van der Waals surface area contributed by atoms with Crippen molar-refractivity contribution in [3.63, 3.8) is 0 Å². The summed E-state index contributed by atoms with van der Waals surface area (Å²) in [6.07, 6.45) is 3.14. The van der Waals surface area contributed by atoms with Crippen LogP contribution in [0, 0.1) is 0 Å². The van der Waals surface area contributed by atoms with Gasteiger partial charge >= 0.3 is 0 Å². The Morgan fingerprint density at radius 3 is 2.47 bits per heavy atom. The Kier molecular flexibility index (Phi) is 5.85. The number of aromatic nitrogens is 3. The van der Waals surface area contributed by atoms with Crippen molar-refractivity contribution in [3.05, 3.63) is 108 Å². The molecule has 0 bridgehead atoms. The Morgan fingerprint density at radius 2 is 1.73 bits per heavy atom. The number of hydrogen-bond acceptors (Lipinski definition) is 4. The number of amides is 1. The van der Waals surface area contributed by atoms with E-state index >= 15 is 0 Å². The Hall–Kier alpha value is -3.93. The van der Waals surface area contributed by atoms with Gasteiger partial charge in [-0.3, -0.25) is 4.79 Å². The van der Waals surface area contributed by atoms with Crippen LogP contribution in [0.5, 0.6) is 5.75 Å². The van der Waals surface area contributed by atoms with Crippen molar-refractivity contribution in [2.75, 3.05) is 0 Å². The van der Waals surface area contributed by atoms with Crippen LogP contribution in [-0.4, -0.2) is 20.7 Å². The molecule has 0 aliphatic carbocycles. The molecule has 4 rings (SSSR count). The number of ether oxygens (including phenoxy) is 1. The normalized spacial score (nSPS) is 11.6. The minimum absolute atomic E-state index is 0.130. The Balaban J connectivity index is 1.43. The van der Waals surface area contributed by atoms with E-state index in [2.05, 4.69) is 15.4 Å². The highest BCUT2D eigenvalue weighted by atomic mass is 16.5. The van der Waals surface area contributed by atoms with E-state index in [0.717, 1.165) is 22.6 Å². The van der Waals surface area contributed by atoms with Gasteiger partial charge in [0.2, 0.25) is 0 Å². The number of carbonyl (C=O) groups excluding carboxylic acids is 1. The summed E-state index contributed by atoms with van der Waals surface area (Å²) < 4.78 is 7.52. The molecule has 0 aliphatic heterocycles. The predicted octanol–water partition coefficient (Wildman–Crippen LogP) is 4.34. The van der Waals surface area contributed by atoms with Crippen molar-refractivity contribution < 1.29 is 9.53 Å². The van der Waals surface area contributed by atoms with Crippen molar-refractivity contribution in [2.24, 2.45) is 0 Å². The fourth-order valence-electron chi connectivity index (χ4n) is 3.16. The van der Waals surface area contributed by atoms with Crippen LogP contribution in [-0.2, 0) is 6.61 Å². The van der Waals surface area contributed by atoms with Gasteiger partial charge in [-0.2, -0.15) is 5.10 Å². The molecule has 1 aromatic heterocycles. The van der Waals surface area contributed by atoms with Gasteiger partial charge in [0.15, 0.2) is 0 Å². The minimum atomic E-state index is -0.148. The summed E-state index contributed by atoms with van der Waals surface area (Å²) >= 11 is 0. The van der Waals surface area contributed by atoms with Gasteiger partial charge in [-0.15, -0.1) is 0 Å². The molecule has 30 heavy (non-hydrogen) atoms. The fourth-order valence-corrected chi connectivity index (χ4v) is 3.16. The third-order valence-corrected chi connectivity index (χ3v) is 4.82. The molecule has 0 aliphatic rings. The molecule has 1 unspecified atom stereocenters. The van der Waals surface area contributed by atoms with Crippen LogP contribution in [0.4, 0.5) is 0 Å². The van der Waals surface area contributed by atoms with Gasteiger partial charge in [0.1, 0.15) is 25.0 Å². The number of nitrogens with one attached hydrogen (secondary N) is 1. The van der Waals surface area contributed by atoms with Crippen LogP contribution in [0.2, 0.25) is 0 Å². The minimum Gasteiger partial charge on any atom is -0.489 e. The number of rotatable bonds is 7. The SMILES string of the molecule is CC(NC(=O)c1ccccc1COc1ccccc1)c1ccc(-n2cncn2)cc1. The van der Waals surface area contributed by atoms with Gasteiger partial charge in [0, 0.05) is 11.1 Å². The second kappa shape index (κ2) is 9.05. The first-order chi connectivity index (χ1) is 14.7. The smallest absolute Gasteiger partial charge is 0.252 e. The zero-order valence-electron chi connectivity index (χ0n) is 16.6. The maximum atomic E-state index is 12.9. The molecule has 150 valence electrons. The molecule has 0 radical (unpaired) electrons. The zero-order valence-corrected chi connectivity index (χ0v) is 16.6. The van der Waals surface area contributed by atoms with Crippen LogP contribution >= 0.6 is 0 Å². The lowest BCUT2D eigenvalue weighted by Crippen LogP contribution is -2.27. The van der Waals surface area contributed by atoms with Crippen molar-refractivity contribution in [3.8, 4) is 11.4 Å². The molecule has 0 fully saturated rings. The second-order valence-corrected chi connectivity index (χ2v) is 6.89. The summed E-state index contributed by atoms with van der Waals surface area (Å²) in [5.74, 6) is 0.642. The van der Waals surface area contributed by atoms with Crippen molar-refractivity contribution in [1.29, 1.82) is 0 Å². The van der Waals surface area contributed by atoms with Crippen molar-refractivity contribution in [1.82, 2.24) is 20.1 Å². The van der Waals surface area contributed by atoms with Crippen LogP contribution < -0.4 is 10.1 Å². The van der Waals surface area contributed by atoms with Gasteiger partial charge in [0.25, 0.3) is 5.91 Å². The molecule has 6 heteroatoms. The van der Waals surface area contributed by atoms with E-state index in [4.69, 9.17) is 4.74 Å². The molecule has 4 aromatic rings. The molecule has 1 amide bonds. The maximum absolute atomic E-state index is 12.9. The van der Waals surface area contributed by atoms with E-state index in [1.54, 1.807) is 11.0 Å². The molecule has 3 aromatic carbocycles. The number of para-hydroxylation sites is 1. The van der Waals surface area contributed by atoms with Gasteiger partial charge in [-0.25, -0.2) is 9.67 Å². The topological polar surface area (TPSA) is 69.0 Å². The number of carbonyl (C=O) groups is 1. The van der Waals surface area contributed by atoms with E-state index in [1.165, 1.54) is 6.33 Å².